The van der Waals surface area contributed by atoms with E-state index >= 15 is 0 Å². The lowest BCUT2D eigenvalue weighted by Crippen LogP contribution is -2.02. The van der Waals surface area contributed by atoms with E-state index in [1.807, 2.05) is 53.9 Å². The van der Waals surface area contributed by atoms with E-state index in [2.05, 4.69) is 26.1 Å². The summed E-state index contributed by atoms with van der Waals surface area (Å²) in [6.07, 6.45) is 1.93. The quantitative estimate of drug-likeness (QED) is 0.743. The summed E-state index contributed by atoms with van der Waals surface area (Å²) in [6, 6.07) is 11.8. The predicted molar refractivity (Wildman–Crippen MR) is 76.2 cm³/mol. The van der Waals surface area contributed by atoms with Crippen LogP contribution in [0.5, 0.6) is 5.75 Å². The molecule has 0 amide bonds. The maximum atomic E-state index is 5.79. The van der Waals surface area contributed by atoms with Crippen molar-refractivity contribution in [1.82, 2.24) is 14.6 Å². The molecule has 0 aliphatic rings. The van der Waals surface area contributed by atoms with Crippen LogP contribution >= 0.6 is 15.9 Å². The standard InChI is InChI=1S/C14H12BrN3O/c1-10-5-2-3-7-12(10)19-9-13-16-17-14-11(15)6-4-8-18(13)14/h2-8H,9H2,1H3. The highest BCUT2D eigenvalue weighted by atomic mass is 79.9. The fourth-order valence-corrected chi connectivity index (χ4v) is 2.31. The number of ether oxygens (including phenoxy) is 1. The van der Waals surface area contributed by atoms with Gasteiger partial charge in [0.15, 0.2) is 11.5 Å². The highest BCUT2D eigenvalue weighted by molar-refractivity contribution is 9.10. The molecule has 19 heavy (non-hydrogen) atoms. The first-order valence-corrected chi connectivity index (χ1v) is 6.71. The summed E-state index contributed by atoms with van der Waals surface area (Å²) >= 11 is 3.45. The average molecular weight is 318 g/mol. The van der Waals surface area contributed by atoms with E-state index in [-0.39, 0.29) is 0 Å². The van der Waals surface area contributed by atoms with E-state index in [0.717, 1.165) is 27.3 Å². The van der Waals surface area contributed by atoms with E-state index < -0.39 is 0 Å². The van der Waals surface area contributed by atoms with Crippen LogP contribution in [0.25, 0.3) is 5.65 Å². The van der Waals surface area contributed by atoms with Gasteiger partial charge in [-0.2, -0.15) is 0 Å². The zero-order chi connectivity index (χ0) is 13.2. The molecule has 4 nitrogen and oxygen atoms in total. The Labute approximate surface area is 119 Å². The maximum Gasteiger partial charge on any atom is 0.175 e. The molecular weight excluding hydrogens is 306 g/mol. The summed E-state index contributed by atoms with van der Waals surface area (Å²) < 4.78 is 8.63. The van der Waals surface area contributed by atoms with Crippen LogP contribution in [0.4, 0.5) is 0 Å². The second-order valence-corrected chi connectivity index (χ2v) is 5.07. The summed E-state index contributed by atoms with van der Waals surface area (Å²) in [7, 11) is 0. The second-order valence-electron chi connectivity index (χ2n) is 4.22. The minimum Gasteiger partial charge on any atom is -0.485 e. The van der Waals surface area contributed by atoms with Crippen LogP contribution in [-0.2, 0) is 6.61 Å². The van der Waals surface area contributed by atoms with Gasteiger partial charge in [-0.25, -0.2) is 0 Å². The Morgan fingerprint density at radius 1 is 1.16 bits per heavy atom. The SMILES string of the molecule is Cc1ccccc1OCc1nnc2c(Br)cccn12. The number of halogens is 1. The van der Waals surface area contributed by atoms with Crippen molar-refractivity contribution in [3.05, 3.63) is 58.5 Å². The molecule has 0 aliphatic carbocycles. The first-order valence-electron chi connectivity index (χ1n) is 5.92. The number of pyridine rings is 1. The smallest absolute Gasteiger partial charge is 0.175 e. The Morgan fingerprint density at radius 3 is 2.84 bits per heavy atom. The minimum atomic E-state index is 0.391. The van der Waals surface area contributed by atoms with Crippen molar-refractivity contribution in [3.63, 3.8) is 0 Å². The zero-order valence-electron chi connectivity index (χ0n) is 10.4. The number of aromatic nitrogens is 3. The summed E-state index contributed by atoms with van der Waals surface area (Å²) in [5.41, 5.74) is 1.91. The van der Waals surface area contributed by atoms with Gasteiger partial charge in [-0.05, 0) is 46.6 Å². The number of fused-ring (bicyclic) bond motifs is 1. The molecule has 3 rings (SSSR count). The maximum absolute atomic E-state index is 5.79. The monoisotopic (exact) mass is 317 g/mol. The number of para-hydroxylation sites is 1. The van der Waals surface area contributed by atoms with Crippen molar-refractivity contribution in [2.45, 2.75) is 13.5 Å². The lowest BCUT2D eigenvalue weighted by Gasteiger charge is -2.07. The molecule has 1 aromatic carbocycles. The van der Waals surface area contributed by atoms with Crippen molar-refractivity contribution in [1.29, 1.82) is 0 Å². The second kappa shape index (κ2) is 5.01. The normalized spacial score (nSPS) is 10.8. The molecule has 0 bridgehead atoms. The topological polar surface area (TPSA) is 39.4 Å². The van der Waals surface area contributed by atoms with E-state index in [1.54, 1.807) is 0 Å². The third-order valence-corrected chi connectivity index (χ3v) is 3.53. The van der Waals surface area contributed by atoms with Gasteiger partial charge in [0.05, 0.1) is 4.47 Å². The Kier molecular flexibility index (Phi) is 3.21. The Hall–Kier alpha value is -1.88. The van der Waals surface area contributed by atoms with Gasteiger partial charge in [-0.15, -0.1) is 10.2 Å². The van der Waals surface area contributed by atoms with Crippen LogP contribution in [0.3, 0.4) is 0 Å². The van der Waals surface area contributed by atoms with Crippen LogP contribution in [0.2, 0.25) is 0 Å². The van der Waals surface area contributed by atoms with Crippen molar-refractivity contribution in [2.75, 3.05) is 0 Å². The van der Waals surface area contributed by atoms with Gasteiger partial charge in [-0.1, -0.05) is 18.2 Å². The Bertz CT molecular complexity index is 724. The van der Waals surface area contributed by atoms with E-state index in [0.29, 0.717) is 6.61 Å². The summed E-state index contributed by atoms with van der Waals surface area (Å²) in [4.78, 5) is 0. The highest BCUT2D eigenvalue weighted by Gasteiger charge is 2.08. The summed E-state index contributed by atoms with van der Waals surface area (Å²) in [6.45, 7) is 2.41. The third kappa shape index (κ3) is 2.33. The predicted octanol–water partition coefficient (Wildman–Crippen LogP) is 3.38. The third-order valence-electron chi connectivity index (χ3n) is 2.91. The fourth-order valence-electron chi connectivity index (χ4n) is 1.89. The molecule has 0 saturated carbocycles. The molecule has 0 aliphatic heterocycles. The number of hydrogen-bond donors (Lipinski definition) is 0. The molecule has 2 aromatic heterocycles. The highest BCUT2D eigenvalue weighted by Crippen LogP contribution is 2.19. The van der Waals surface area contributed by atoms with Crippen LogP contribution in [-0.4, -0.2) is 14.6 Å². The van der Waals surface area contributed by atoms with Gasteiger partial charge < -0.3 is 4.74 Å². The first kappa shape index (κ1) is 12.2. The summed E-state index contributed by atoms with van der Waals surface area (Å²) in [5, 5.41) is 8.30. The molecule has 2 heterocycles. The van der Waals surface area contributed by atoms with Crippen LogP contribution in [0, 0.1) is 6.92 Å². The molecule has 5 heteroatoms. The number of hydrogen-bond acceptors (Lipinski definition) is 3. The van der Waals surface area contributed by atoms with Gasteiger partial charge in [0.1, 0.15) is 12.4 Å². The van der Waals surface area contributed by atoms with E-state index in [4.69, 9.17) is 4.74 Å². The summed E-state index contributed by atoms with van der Waals surface area (Å²) in [5.74, 6) is 1.65. The molecular formula is C14H12BrN3O. The van der Waals surface area contributed by atoms with Crippen LogP contribution in [0.1, 0.15) is 11.4 Å². The number of nitrogens with zero attached hydrogens (tertiary/aromatic N) is 3. The average Bonchev–Trinajstić information content (AvgIpc) is 2.83. The molecule has 0 fully saturated rings. The van der Waals surface area contributed by atoms with Crippen LogP contribution < -0.4 is 4.74 Å². The number of benzene rings is 1. The molecule has 0 spiro atoms. The molecule has 0 N–H and O–H groups in total. The molecule has 96 valence electrons. The molecule has 0 radical (unpaired) electrons. The van der Waals surface area contributed by atoms with Crippen molar-refractivity contribution < 1.29 is 4.74 Å². The molecule has 0 saturated heterocycles. The number of rotatable bonds is 3. The molecule has 3 aromatic rings. The lowest BCUT2D eigenvalue weighted by atomic mass is 10.2. The Morgan fingerprint density at radius 2 is 2.00 bits per heavy atom. The van der Waals surface area contributed by atoms with Crippen molar-refractivity contribution in [2.24, 2.45) is 0 Å². The number of aryl methyl sites for hydroxylation is 1. The fraction of sp³-hybridized carbons (Fsp3) is 0.143. The van der Waals surface area contributed by atoms with Crippen molar-refractivity contribution >= 4 is 21.6 Å². The largest absolute Gasteiger partial charge is 0.485 e. The van der Waals surface area contributed by atoms with Gasteiger partial charge in [0.2, 0.25) is 0 Å². The van der Waals surface area contributed by atoms with Crippen LogP contribution in [0.15, 0.2) is 47.1 Å². The molecule has 0 atom stereocenters. The first-order chi connectivity index (χ1) is 9.25. The van der Waals surface area contributed by atoms with Crippen molar-refractivity contribution in [3.8, 4) is 5.75 Å². The van der Waals surface area contributed by atoms with Gasteiger partial charge >= 0.3 is 0 Å². The van der Waals surface area contributed by atoms with E-state index in [1.165, 1.54) is 0 Å². The van der Waals surface area contributed by atoms with Gasteiger partial charge in [0.25, 0.3) is 0 Å². The Balaban J connectivity index is 1.87. The van der Waals surface area contributed by atoms with Gasteiger partial charge in [-0.3, -0.25) is 4.40 Å². The lowest BCUT2D eigenvalue weighted by molar-refractivity contribution is 0.292. The minimum absolute atomic E-state index is 0.391. The molecule has 0 unspecified atom stereocenters. The van der Waals surface area contributed by atoms with E-state index in [9.17, 15) is 0 Å². The zero-order valence-corrected chi connectivity index (χ0v) is 12.0. The van der Waals surface area contributed by atoms with Gasteiger partial charge in [0, 0.05) is 6.20 Å².